The molecule has 1 aliphatic rings. The van der Waals surface area contributed by atoms with Crippen molar-refractivity contribution in [3.8, 4) is 5.69 Å². The molecule has 1 amide bonds. The minimum atomic E-state index is 0.128. The van der Waals surface area contributed by atoms with E-state index in [1.165, 1.54) is 11.3 Å². The number of aryl methyl sites for hydroxylation is 1. The average molecular weight is 340 g/mol. The Balaban J connectivity index is 1.72. The van der Waals surface area contributed by atoms with Gasteiger partial charge in [0.15, 0.2) is 0 Å². The van der Waals surface area contributed by atoms with E-state index in [1.54, 1.807) is 0 Å². The number of fused-ring (bicyclic) bond motifs is 1. The molecule has 1 N–H and O–H groups in total. The van der Waals surface area contributed by atoms with E-state index in [9.17, 15) is 4.79 Å². The van der Waals surface area contributed by atoms with Crippen LogP contribution in [0.2, 0.25) is 0 Å². The quantitative estimate of drug-likeness (QED) is 0.780. The van der Waals surface area contributed by atoms with Crippen LogP contribution in [0.4, 0.5) is 0 Å². The number of hydrogen-bond acceptors (Lipinski definition) is 4. The molecule has 1 saturated heterocycles. The summed E-state index contributed by atoms with van der Waals surface area (Å²) < 4.78 is 1.94. The molecule has 0 bridgehead atoms. The fourth-order valence-corrected chi connectivity index (χ4v) is 4.32. The monoisotopic (exact) mass is 340 g/mol. The lowest BCUT2D eigenvalue weighted by atomic mass is 10.2. The molecule has 4 rings (SSSR count). The SMILES string of the molecule is Cc1nn(-c2ccccc2)c2sc(C(=O)N3CCNC(C)C3)cc12. The third-order valence-electron chi connectivity index (χ3n) is 4.41. The smallest absolute Gasteiger partial charge is 0.264 e. The van der Waals surface area contributed by atoms with Gasteiger partial charge in [-0.25, -0.2) is 4.68 Å². The van der Waals surface area contributed by atoms with Crippen LogP contribution < -0.4 is 5.32 Å². The topological polar surface area (TPSA) is 50.2 Å². The van der Waals surface area contributed by atoms with E-state index in [0.717, 1.165) is 46.1 Å². The summed E-state index contributed by atoms with van der Waals surface area (Å²) in [6.45, 7) is 6.49. The molecule has 3 heterocycles. The molecular formula is C18H20N4OS. The lowest BCUT2D eigenvalue weighted by Gasteiger charge is -2.31. The second kappa shape index (κ2) is 6.03. The third kappa shape index (κ3) is 2.61. The van der Waals surface area contributed by atoms with Crippen molar-refractivity contribution in [2.75, 3.05) is 19.6 Å². The van der Waals surface area contributed by atoms with E-state index in [0.29, 0.717) is 6.04 Å². The van der Waals surface area contributed by atoms with Gasteiger partial charge in [-0.1, -0.05) is 18.2 Å². The Morgan fingerprint density at radius 2 is 2.12 bits per heavy atom. The van der Waals surface area contributed by atoms with Crippen LogP contribution in [0.5, 0.6) is 0 Å². The van der Waals surface area contributed by atoms with Crippen LogP contribution in [-0.2, 0) is 0 Å². The van der Waals surface area contributed by atoms with Crippen molar-refractivity contribution >= 4 is 27.5 Å². The Kier molecular flexibility index (Phi) is 3.86. The highest BCUT2D eigenvalue weighted by atomic mass is 32.1. The molecule has 6 heteroatoms. The number of nitrogens with zero attached hydrogens (tertiary/aromatic N) is 3. The first-order valence-corrected chi connectivity index (χ1v) is 9.02. The Morgan fingerprint density at radius 3 is 2.88 bits per heavy atom. The van der Waals surface area contributed by atoms with Gasteiger partial charge in [0.1, 0.15) is 4.83 Å². The van der Waals surface area contributed by atoms with Gasteiger partial charge in [-0.3, -0.25) is 4.79 Å². The van der Waals surface area contributed by atoms with Gasteiger partial charge < -0.3 is 10.2 Å². The van der Waals surface area contributed by atoms with Crippen LogP contribution in [0.3, 0.4) is 0 Å². The lowest BCUT2D eigenvalue weighted by molar-refractivity contribution is 0.0714. The van der Waals surface area contributed by atoms with Crippen LogP contribution in [0.15, 0.2) is 36.4 Å². The lowest BCUT2D eigenvalue weighted by Crippen LogP contribution is -2.51. The van der Waals surface area contributed by atoms with Crippen LogP contribution in [0.25, 0.3) is 15.9 Å². The van der Waals surface area contributed by atoms with Crippen molar-refractivity contribution in [3.05, 3.63) is 47.0 Å². The molecule has 2 aromatic heterocycles. The van der Waals surface area contributed by atoms with E-state index < -0.39 is 0 Å². The summed E-state index contributed by atoms with van der Waals surface area (Å²) in [5.74, 6) is 0.128. The molecule has 1 unspecified atom stereocenters. The summed E-state index contributed by atoms with van der Waals surface area (Å²) in [6, 6.07) is 12.4. The minimum Gasteiger partial charge on any atom is -0.335 e. The summed E-state index contributed by atoms with van der Waals surface area (Å²) in [5, 5.41) is 9.08. The molecule has 0 radical (unpaired) electrons. The fraction of sp³-hybridized carbons (Fsp3) is 0.333. The van der Waals surface area contributed by atoms with Crippen molar-refractivity contribution in [2.24, 2.45) is 0 Å². The van der Waals surface area contributed by atoms with E-state index in [1.807, 2.05) is 52.9 Å². The molecule has 1 atom stereocenters. The molecular weight excluding hydrogens is 320 g/mol. The Morgan fingerprint density at radius 1 is 1.33 bits per heavy atom. The molecule has 1 fully saturated rings. The highest BCUT2D eigenvalue weighted by Crippen LogP contribution is 2.31. The average Bonchev–Trinajstić information content (AvgIpc) is 3.16. The molecule has 1 aromatic carbocycles. The maximum atomic E-state index is 12.9. The number of carbonyl (C=O) groups excluding carboxylic acids is 1. The molecule has 0 saturated carbocycles. The first kappa shape index (κ1) is 15.4. The summed E-state index contributed by atoms with van der Waals surface area (Å²) in [4.78, 5) is 16.6. The molecule has 0 aliphatic carbocycles. The zero-order valence-electron chi connectivity index (χ0n) is 13.8. The first-order chi connectivity index (χ1) is 11.6. The van der Waals surface area contributed by atoms with Crippen molar-refractivity contribution < 1.29 is 4.79 Å². The number of para-hydroxylation sites is 1. The van der Waals surface area contributed by atoms with Crippen molar-refractivity contribution in [3.63, 3.8) is 0 Å². The van der Waals surface area contributed by atoms with Crippen molar-refractivity contribution in [2.45, 2.75) is 19.9 Å². The third-order valence-corrected chi connectivity index (χ3v) is 5.51. The Bertz CT molecular complexity index is 883. The number of piperazine rings is 1. The number of aromatic nitrogens is 2. The number of hydrogen-bond donors (Lipinski definition) is 1. The van der Waals surface area contributed by atoms with Gasteiger partial charge in [-0.2, -0.15) is 5.10 Å². The highest BCUT2D eigenvalue weighted by molar-refractivity contribution is 7.20. The molecule has 1 aliphatic heterocycles. The molecule has 3 aromatic rings. The standard InChI is InChI=1S/C18H20N4OS/c1-12-11-21(9-8-19-12)17(23)16-10-15-13(2)20-22(18(15)24-16)14-6-4-3-5-7-14/h3-7,10,12,19H,8-9,11H2,1-2H3. The van der Waals surface area contributed by atoms with Gasteiger partial charge in [0.25, 0.3) is 5.91 Å². The molecule has 0 spiro atoms. The summed E-state index contributed by atoms with van der Waals surface area (Å²) in [5.41, 5.74) is 1.98. The predicted octanol–water partition coefficient (Wildman–Crippen LogP) is 2.83. The predicted molar refractivity (Wildman–Crippen MR) is 97.1 cm³/mol. The number of carbonyl (C=O) groups is 1. The van der Waals surface area contributed by atoms with Gasteiger partial charge >= 0.3 is 0 Å². The van der Waals surface area contributed by atoms with E-state index in [-0.39, 0.29) is 5.91 Å². The number of rotatable bonds is 2. The summed E-state index contributed by atoms with van der Waals surface area (Å²) in [6.07, 6.45) is 0. The van der Waals surface area contributed by atoms with E-state index >= 15 is 0 Å². The second-order valence-corrected chi connectivity index (χ2v) is 7.30. The van der Waals surface area contributed by atoms with Gasteiger partial charge in [0.05, 0.1) is 16.3 Å². The highest BCUT2D eigenvalue weighted by Gasteiger charge is 2.24. The van der Waals surface area contributed by atoms with Gasteiger partial charge in [-0.15, -0.1) is 11.3 Å². The Labute approximate surface area is 144 Å². The van der Waals surface area contributed by atoms with Crippen LogP contribution in [0, 0.1) is 6.92 Å². The maximum Gasteiger partial charge on any atom is 0.264 e. The summed E-state index contributed by atoms with van der Waals surface area (Å²) in [7, 11) is 0. The van der Waals surface area contributed by atoms with E-state index in [2.05, 4.69) is 17.3 Å². The number of amides is 1. The Hall–Kier alpha value is -2.18. The normalized spacial score (nSPS) is 18.2. The van der Waals surface area contributed by atoms with Gasteiger partial charge in [0.2, 0.25) is 0 Å². The van der Waals surface area contributed by atoms with Gasteiger partial charge in [-0.05, 0) is 32.0 Å². The van der Waals surface area contributed by atoms with Crippen LogP contribution >= 0.6 is 11.3 Å². The van der Waals surface area contributed by atoms with Crippen molar-refractivity contribution in [1.29, 1.82) is 0 Å². The molecule has 24 heavy (non-hydrogen) atoms. The number of thiophene rings is 1. The fourth-order valence-electron chi connectivity index (χ4n) is 3.17. The van der Waals surface area contributed by atoms with Crippen molar-refractivity contribution in [1.82, 2.24) is 20.0 Å². The zero-order valence-corrected chi connectivity index (χ0v) is 14.6. The van der Waals surface area contributed by atoms with E-state index in [4.69, 9.17) is 0 Å². The summed E-state index contributed by atoms with van der Waals surface area (Å²) >= 11 is 1.53. The van der Waals surface area contributed by atoms with Crippen LogP contribution in [0.1, 0.15) is 22.3 Å². The number of nitrogens with one attached hydrogen (secondary N) is 1. The second-order valence-electron chi connectivity index (χ2n) is 6.27. The molecule has 124 valence electrons. The minimum absolute atomic E-state index is 0.128. The molecule has 5 nitrogen and oxygen atoms in total. The zero-order chi connectivity index (χ0) is 16.7. The van der Waals surface area contributed by atoms with Crippen LogP contribution in [-0.4, -0.2) is 46.3 Å². The number of benzene rings is 1. The maximum absolute atomic E-state index is 12.9. The van der Waals surface area contributed by atoms with Gasteiger partial charge in [0, 0.05) is 31.1 Å². The largest absolute Gasteiger partial charge is 0.335 e. The first-order valence-electron chi connectivity index (χ1n) is 8.21.